The summed E-state index contributed by atoms with van der Waals surface area (Å²) in [5, 5.41) is 6.92. The molecule has 1 saturated heterocycles. The maximum absolute atomic E-state index is 3.53. The van der Waals surface area contributed by atoms with Gasteiger partial charge in [-0.2, -0.15) is 0 Å². The number of hydrogen-bond acceptors (Lipinski definition) is 3. The molecule has 1 fully saturated rings. The molecule has 1 aromatic heterocycles. The zero-order valence-electron chi connectivity index (χ0n) is 8.68. The molecule has 1 aromatic rings. The van der Waals surface area contributed by atoms with Gasteiger partial charge in [0.05, 0.1) is 0 Å². The average molecular weight is 210 g/mol. The van der Waals surface area contributed by atoms with Crippen LogP contribution in [-0.4, -0.2) is 19.6 Å². The predicted molar refractivity (Wildman–Crippen MR) is 61.7 cm³/mol. The molecule has 0 radical (unpaired) electrons. The lowest BCUT2D eigenvalue weighted by molar-refractivity contribution is 0.514. The molecule has 14 heavy (non-hydrogen) atoms. The summed E-state index contributed by atoms with van der Waals surface area (Å²) in [7, 11) is 0. The lowest BCUT2D eigenvalue weighted by atomic mass is 10.1. The molecule has 3 heteroatoms. The SMILES string of the molecule is Cc1ccc(CNCC2CCNC2)s1. The molecule has 2 heterocycles. The Morgan fingerprint density at radius 3 is 3.14 bits per heavy atom. The van der Waals surface area contributed by atoms with Crippen LogP contribution in [0.25, 0.3) is 0 Å². The van der Waals surface area contributed by atoms with E-state index in [4.69, 9.17) is 0 Å². The lowest BCUT2D eigenvalue weighted by Crippen LogP contribution is -2.23. The van der Waals surface area contributed by atoms with E-state index < -0.39 is 0 Å². The van der Waals surface area contributed by atoms with Gasteiger partial charge >= 0.3 is 0 Å². The van der Waals surface area contributed by atoms with Crippen molar-refractivity contribution in [3.05, 3.63) is 21.9 Å². The van der Waals surface area contributed by atoms with Crippen LogP contribution < -0.4 is 10.6 Å². The highest BCUT2D eigenvalue weighted by Crippen LogP contribution is 2.14. The molecule has 1 unspecified atom stereocenters. The number of rotatable bonds is 4. The maximum Gasteiger partial charge on any atom is 0.0299 e. The summed E-state index contributed by atoms with van der Waals surface area (Å²) in [5.41, 5.74) is 0. The van der Waals surface area contributed by atoms with Gasteiger partial charge < -0.3 is 10.6 Å². The predicted octanol–water partition coefficient (Wildman–Crippen LogP) is 1.76. The van der Waals surface area contributed by atoms with Crippen molar-refractivity contribution in [3.8, 4) is 0 Å². The van der Waals surface area contributed by atoms with Gasteiger partial charge in [-0.15, -0.1) is 11.3 Å². The third-order valence-electron chi connectivity index (χ3n) is 2.69. The quantitative estimate of drug-likeness (QED) is 0.791. The number of hydrogen-bond donors (Lipinski definition) is 2. The molecule has 0 bridgehead atoms. The van der Waals surface area contributed by atoms with E-state index in [1.165, 1.54) is 29.3 Å². The highest BCUT2D eigenvalue weighted by Gasteiger charge is 2.13. The maximum atomic E-state index is 3.53. The van der Waals surface area contributed by atoms with Gasteiger partial charge in [0.2, 0.25) is 0 Å². The van der Waals surface area contributed by atoms with Crippen molar-refractivity contribution in [2.45, 2.75) is 19.9 Å². The molecule has 0 saturated carbocycles. The Morgan fingerprint density at radius 1 is 1.57 bits per heavy atom. The van der Waals surface area contributed by atoms with Gasteiger partial charge in [0.1, 0.15) is 0 Å². The second-order valence-electron chi connectivity index (χ2n) is 4.00. The molecule has 0 aromatic carbocycles. The van der Waals surface area contributed by atoms with E-state index in [9.17, 15) is 0 Å². The first-order chi connectivity index (χ1) is 6.84. The smallest absolute Gasteiger partial charge is 0.0299 e. The second-order valence-corrected chi connectivity index (χ2v) is 5.37. The van der Waals surface area contributed by atoms with Crippen molar-refractivity contribution in [2.24, 2.45) is 5.92 Å². The topological polar surface area (TPSA) is 24.1 Å². The molecule has 1 aliphatic heterocycles. The fourth-order valence-corrected chi connectivity index (χ4v) is 2.73. The molecule has 0 amide bonds. The minimum Gasteiger partial charge on any atom is -0.316 e. The van der Waals surface area contributed by atoms with E-state index in [2.05, 4.69) is 29.7 Å². The Kier molecular flexibility index (Phi) is 3.56. The standard InChI is InChI=1S/C11H18N2S/c1-9-2-3-11(14-9)8-13-7-10-4-5-12-6-10/h2-3,10,12-13H,4-8H2,1H3. The highest BCUT2D eigenvalue weighted by atomic mass is 32.1. The van der Waals surface area contributed by atoms with Crippen molar-refractivity contribution in [1.29, 1.82) is 0 Å². The van der Waals surface area contributed by atoms with Crippen molar-refractivity contribution < 1.29 is 0 Å². The molecular formula is C11H18N2S. The molecule has 1 aliphatic rings. The second kappa shape index (κ2) is 4.91. The Hall–Kier alpha value is -0.380. The van der Waals surface area contributed by atoms with Crippen LogP contribution in [0, 0.1) is 12.8 Å². The first-order valence-corrected chi connectivity index (χ1v) is 6.13. The fraction of sp³-hybridized carbons (Fsp3) is 0.636. The Balaban J connectivity index is 1.67. The summed E-state index contributed by atoms with van der Waals surface area (Å²) in [6.45, 7) is 6.74. The van der Waals surface area contributed by atoms with E-state index in [1.807, 2.05) is 11.3 Å². The third kappa shape index (κ3) is 2.80. The lowest BCUT2D eigenvalue weighted by Gasteiger charge is -2.08. The summed E-state index contributed by atoms with van der Waals surface area (Å²) in [4.78, 5) is 2.86. The molecule has 2 rings (SSSR count). The number of nitrogens with one attached hydrogen (secondary N) is 2. The molecule has 2 nitrogen and oxygen atoms in total. The fourth-order valence-electron chi connectivity index (χ4n) is 1.87. The van der Waals surface area contributed by atoms with Crippen molar-refractivity contribution >= 4 is 11.3 Å². The van der Waals surface area contributed by atoms with Gasteiger partial charge in [0.15, 0.2) is 0 Å². The average Bonchev–Trinajstić information content (AvgIpc) is 2.77. The summed E-state index contributed by atoms with van der Waals surface area (Å²) in [6, 6.07) is 4.42. The monoisotopic (exact) mass is 210 g/mol. The van der Waals surface area contributed by atoms with Crippen LogP contribution in [0.1, 0.15) is 16.2 Å². The van der Waals surface area contributed by atoms with Crippen LogP contribution in [0.5, 0.6) is 0 Å². The molecular weight excluding hydrogens is 192 g/mol. The summed E-state index contributed by atoms with van der Waals surface area (Å²) >= 11 is 1.89. The van der Waals surface area contributed by atoms with Gasteiger partial charge in [-0.05, 0) is 51.0 Å². The van der Waals surface area contributed by atoms with Gasteiger partial charge in [-0.1, -0.05) is 0 Å². The minimum atomic E-state index is 0.844. The summed E-state index contributed by atoms with van der Waals surface area (Å²) in [6.07, 6.45) is 1.33. The summed E-state index contributed by atoms with van der Waals surface area (Å²) < 4.78 is 0. The van der Waals surface area contributed by atoms with Gasteiger partial charge in [-0.25, -0.2) is 0 Å². The normalized spacial score (nSPS) is 21.6. The Labute approximate surface area is 89.7 Å². The molecule has 2 N–H and O–H groups in total. The van der Waals surface area contributed by atoms with Crippen LogP contribution in [-0.2, 0) is 6.54 Å². The van der Waals surface area contributed by atoms with Crippen LogP contribution in [0.15, 0.2) is 12.1 Å². The van der Waals surface area contributed by atoms with E-state index in [-0.39, 0.29) is 0 Å². The minimum absolute atomic E-state index is 0.844. The van der Waals surface area contributed by atoms with Crippen molar-refractivity contribution in [2.75, 3.05) is 19.6 Å². The van der Waals surface area contributed by atoms with Crippen LogP contribution in [0.2, 0.25) is 0 Å². The van der Waals surface area contributed by atoms with E-state index in [1.54, 1.807) is 0 Å². The largest absolute Gasteiger partial charge is 0.316 e. The molecule has 78 valence electrons. The highest BCUT2D eigenvalue weighted by molar-refractivity contribution is 7.11. The van der Waals surface area contributed by atoms with Crippen LogP contribution in [0.4, 0.5) is 0 Å². The molecule has 0 spiro atoms. The molecule has 1 atom stereocenters. The summed E-state index contributed by atoms with van der Waals surface area (Å²) in [5.74, 6) is 0.844. The van der Waals surface area contributed by atoms with Crippen LogP contribution in [0.3, 0.4) is 0 Å². The zero-order valence-corrected chi connectivity index (χ0v) is 9.49. The van der Waals surface area contributed by atoms with Gasteiger partial charge in [0.25, 0.3) is 0 Å². The van der Waals surface area contributed by atoms with Crippen molar-refractivity contribution in [3.63, 3.8) is 0 Å². The Morgan fingerprint density at radius 2 is 2.50 bits per heavy atom. The number of aryl methyl sites for hydroxylation is 1. The molecule has 0 aliphatic carbocycles. The first kappa shape index (κ1) is 10.1. The van der Waals surface area contributed by atoms with Gasteiger partial charge in [0, 0.05) is 16.3 Å². The Bertz CT molecular complexity index is 277. The van der Waals surface area contributed by atoms with Crippen molar-refractivity contribution in [1.82, 2.24) is 10.6 Å². The zero-order chi connectivity index (χ0) is 9.80. The van der Waals surface area contributed by atoms with Gasteiger partial charge in [-0.3, -0.25) is 0 Å². The third-order valence-corrected chi connectivity index (χ3v) is 3.69. The first-order valence-electron chi connectivity index (χ1n) is 5.31. The van der Waals surface area contributed by atoms with E-state index >= 15 is 0 Å². The van der Waals surface area contributed by atoms with E-state index in [0.29, 0.717) is 0 Å². The van der Waals surface area contributed by atoms with E-state index in [0.717, 1.165) is 19.0 Å². The number of thiophene rings is 1. The van der Waals surface area contributed by atoms with Crippen LogP contribution >= 0.6 is 11.3 Å².